The topological polar surface area (TPSA) is 118 Å². The van der Waals surface area contributed by atoms with E-state index in [-0.39, 0.29) is 17.2 Å². The Hall–Kier alpha value is -2.18. The number of hydrogen-bond donors (Lipinski definition) is 3. The number of aromatic amines is 1. The second kappa shape index (κ2) is 2.66. The average Bonchev–Trinajstić information content (AvgIpc) is 2.46. The zero-order chi connectivity index (χ0) is 10.3. The van der Waals surface area contributed by atoms with Crippen LogP contribution in [0.4, 0.5) is 5.82 Å². The van der Waals surface area contributed by atoms with Gasteiger partial charge in [-0.2, -0.15) is 5.10 Å². The SMILES string of the molecule is Cc1nc2c(N)[nH]nc2nc1C(=O)O. The summed E-state index contributed by atoms with van der Waals surface area (Å²) in [7, 11) is 0. The van der Waals surface area contributed by atoms with Gasteiger partial charge in [0.25, 0.3) is 0 Å². The Balaban J connectivity index is 2.79. The zero-order valence-electron chi connectivity index (χ0n) is 7.27. The minimum atomic E-state index is -1.13. The van der Waals surface area contributed by atoms with E-state index in [2.05, 4.69) is 20.2 Å². The molecule has 72 valence electrons. The molecule has 0 amide bonds. The van der Waals surface area contributed by atoms with Gasteiger partial charge in [-0.05, 0) is 6.92 Å². The minimum Gasteiger partial charge on any atom is -0.476 e. The average molecular weight is 193 g/mol. The highest BCUT2D eigenvalue weighted by molar-refractivity contribution is 5.90. The van der Waals surface area contributed by atoms with E-state index in [0.717, 1.165) is 0 Å². The second-order valence-corrected chi connectivity index (χ2v) is 2.77. The Kier molecular flexibility index (Phi) is 1.60. The maximum absolute atomic E-state index is 10.7. The van der Waals surface area contributed by atoms with Crippen molar-refractivity contribution < 1.29 is 9.90 Å². The molecule has 0 saturated carbocycles. The van der Waals surface area contributed by atoms with Gasteiger partial charge in [0.05, 0.1) is 5.69 Å². The molecule has 7 nitrogen and oxygen atoms in total. The summed E-state index contributed by atoms with van der Waals surface area (Å²) in [4.78, 5) is 18.5. The number of nitrogens with one attached hydrogen (secondary N) is 1. The fourth-order valence-electron chi connectivity index (χ4n) is 1.14. The van der Waals surface area contributed by atoms with E-state index in [9.17, 15) is 4.79 Å². The standard InChI is InChI=1S/C7H7N5O2/c1-2-3(7(13)14)10-6-4(9-2)5(8)11-12-6/h1H3,(H,13,14)(H3,8,10,11,12). The van der Waals surface area contributed by atoms with E-state index >= 15 is 0 Å². The summed E-state index contributed by atoms with van der Waals surface area (Å²) in [6, 6.07) is 0. The van der Waals surface area contributed by atoms with Gasteiger partial charge in [0, 0.05) is 0 Å². The Bertz CT molecular complexity index is 518. The number of nitrogen functional groups attached to an aromatic ring is 1. The lowest BCUT2D eigenvalue weighted by molar-refractivity contribution is 0.0689. The molecule has 0 atom stereocenters. The Labute approximate surface area is 78.0 Å². The molecule has 0 unspecified atom stereocenters. The van der Waals surface area contributed by atoms with E-state index in [1.165, 1.54) is 0 Å². The van der Waals surface area contributed by atoms with Crippen LogP contribution < -0.4 is 5.73 Å². The van der Waals surface area contributed by atoms with Crippen LogP contribution >= 0.6 is 0 Å². The maximum atomic E-state index is 10.7. The third-order valence-electron chi connectivity index (χ3n) is 1.79. The molecular weight excluding hydrogens is 186 g/mol. The van der Waals surface area contributed by atoms with Crippen LogP contribution in [0.3, 0.4) is 0 Å². The van der Waals surface area contributed by atoms with Crippen molar-refractivity contribution in [3.63, 3.8) is 0 Å². The quantitative estimate of drug-likeness (QED) is 0.584. The van der Waals surface area contributed by atoms with Crippen LogP contribution in [-0.4, -0.2) is 31.2 Å². The zero-order valence-corrected chi connectivity index (χ0v) is 7.27. The first-order valence-corrected chi connectivity index (χ1v) is 3.81. The summed E-state index contributed by atoms with van der Waals surface area (Å²) in [5, 5.41) is 15.0. The van der Waals surface area contributed by atoms with Gasteiger partial charge >= 0.3 is 5.97 Å². The highest BCUT2D eigenvalue weighted by Crippen LogP contribution is 2.14. The summed E-state index contributed by atoms with van der Waals surface area (Å²) < 4.78 is 0. The predicted octanol–water partition coefficient (Wildman–Crippen LogP) is -0.0583. The van der Waals surface area contributed by atoms with Gasteiger partial charge in [0.2, 0.25) is 5.65 Å². The first kappa shape index (κ1) is 8.42. The number of aromatic carboxylic acids is 1. The summed E-state index contributed by atoms with van der Waals surface area (Å²) in [5.41, 5.74) is 6.32. The van der Waals surface area contributed by atoms with Crippen LogP contribution in [0, 0.1) is 6.92 Å². The van der Waals surface area contributed by atoms with E-state index in [1.54, 1.807) is 6.92 Å². The van der Waals surface area contributed by atoms with Crippen molar-refractivity contribution in [3.05, 3.63) is 11.4 Å². The third-order valence-corrected chi connectivity index (χ3v) is 1.79. The van der Waals surface area contributed by atoms with Crippen molar-refractivity contribution in [3.8, 4) is 0 Å². The molecule has 7 heteroatoms. The van der Waals surface area contributed by atoms with Gasteiger partial charge in [-0.1, -0.05) is 0 Å². The van der Waals surface area contributed by atoms with E-state index in [1.807, 2.05) is 0 Å². The van der Waals surface area contributed by atoms with Gasteiger partial charge in [-0.25, -0.2) is 14.8 Å². The molecule has 0 radical (unpaired) electrons. The number of fused-ring (bicyclic) bond motifs is 1. The van der Waals surface area contributed by atoms with Gasteiger partial charge < -0.3 is 10.8 Å². The molecule has 2 aromatic rings. The lowest BCUT2D eigenvalue weighted by Gasteiger charge is -1.97. The number of anilines is 1. The van der Waals surface area contributed by atoms with Crippen LogP contribution in [0.2, 0.25) is 0 Å². The molecule has 0 saturated heterocycles. The number of nitrogens with zero attached hydrogens (tertiary/aromatic N) is 3. The molecular formula is C7H7N5O2. The monoisotopic (exact) mass is 193 g/mol. The molecule has 0 aliphatic carbocycles. The molecule has 14 heavy (non-hydrogen) atoms. The first-order valence-electron chi connectivity index (χ1n) is 3.81. The Morgan fingerprint density at radius 2 is 2.21 bits per heavy atom. The number of nitrogens with two attached hydrogens (primary N) is 1. The highest BCUT2D eigenvalue weighted by Gasteiger charge is 2.14. The Morgan fingerprint density at radius 3 is 2.86 bits per heavy atom. The van der Waals surface area contributed by atoms with Gasteiger partial charge in [0.1, 0.15) is 5.82 Å². The van der Waals surface area contributed by atoms with Crippen LogP contribution in [0.1, 0.15) is 16.2 Å². The minimum absolute atomic E-state index is 0.107. The molecule has 4 N–H and O–H groups in total. The number of carboxylic acids is 1. The van der Waals surface area contributed by atoms with Crippen LogP contribution in [0.5, 0.6) is 0 Å². The number of hydrogen-bond acceptors (Lipinski definition) is 5. The van der Waals surface area contributed by atoms with Gasteiger partial charge in [-0.3, -0.25) is 5.10 Å². The van der Waals surface area contributed by atoms with Crippen LogP contribution in [0.15, 0.2) is 0 Å². The molecule has 0 spiro atoms. The fourth-order valence-corrected chi connectivity index (χ4v) is 1.14. The molecule has 0 fully saturated rings. The van der Waals surface area contributed by atoms with Gasteiger partial charge in [-0.15, -0.1) is 0 Å². The number of carbonyl (C=O) groups is 1. The van der Waals surface area contributed by atoms with Crippen molar-refractivity contribution in [1.29, 1.82) is 0 Å². The van der Waals surface area contributed by atoms with Gasteiger partial charge in [0.15, 0.2) is 11.2 Å². The number of carboxylic acid groups (broad SMARTS) is 1. The van der Waals surface area contributed by atoms with E-state index < -0.39 is 5.97 Å². The number of aromatic nitrogens is 4. The van der Waals surface area contributed by atoms with Crippen molar-refractivity contribution >= 4 is 23.0 Å². The summed E-state index contributed by atoms with van der Waals surface area (Å²) in [5.74, 6) is -0.842. The first-order chi connectivity index (χ1) is 6.59. The summed E-state index contributed by atoms with van der Waals surface area (Å²) in [6.45, 7) is 1.56. The van der Waals surface area contributed by atoms with Crippen molar-refractivity contribution in [2.45, 2.75) is 6.92 Å². The van der Waals surface area contributed by atoms with Crippen molar-refractivity contribution in [1.82, 2.24) is 20.2 Å². The molecule has 0 aliphatic heterocycles. The molecule has 0 bridgehead atoms. The maximum Gasteiger partial charge on any atom is 0.356 e. The largest absolute Gasteiger partial charge is 0.476 e. The predicted molar refractivity (Wildman–Crippen MR) is 47.8 cm³/mol. The Morgan fingerprint density at radius 1 is 1.50 bits per heavy atom. The summed E-state index contributed by atoms with van der Waals surface area (Å²) in [6.07, 6.45) is 0. The van der Waals surface area contributed by atoms with Crippen molar-refractivity contribution in [2.24, 2.45) is 0 Å². The van der Waals surface area contributed by atoms with E-state index in [4.69, 9.17) is 10.8 Å². The number of H-pyrrole nitrogens is 1. The smallest absolute Gasteiger partial charge is 0.356 e. The fraction of sp³-hybridized carbons (Fsp3) is 0.143. The number of rotatable bonds is 1. The van der Waals surface area contributed by atoms with Crippen molar-refractivity contribution in [2.75, 3.05) is 5.73 Å². The van der Waals surface area contributed by atoms with Crippen LogP contribution in [0.25, 0.3) is 11.2 Å². The normalized spacial score (nSPS) is 10.6. The lowest BCUT2D eigenvalue weighted by atomic mass is 10.3. The van der Waals surface area contributed by atoms with E-state index in [0.29, 0.717) is 11.2 Å². The van der Waals surface area contributed by atoms with Crippen LogP contribution in [-0.2, 0) is 0 Å². The highest BCUT2D eigenvalue weighted by atomic mass is 16.4. The molecule has 2 heterocycles. The molecule has 0 aliphatic rings. The molecule has 2 rings (SSSR count). The number of aryl methyl sites for hydroxylation is 1. The second-order valence-electron chi connectivity index (χ2n) is 2.77. The third kappa shape index (κ3) is 1.06. The molecule has 0 aromatic carbocycles. The lowest BCUT2D eigenvalue weighted by Crippen LogP contribution is -2.05. The molecule has 2 aromatic heterocycles. The summed E-state index contributed by atoms with van der Waals surface area (Å²) >= 11 is 0.